The molecule has 0 fully saturated rings. The lowest BCUT2D eigenvalue weighted by Gasteiger charge is -2.16. The molecule has 1 amide bonds. The molecule has 0 radical (unpaired) electrons. The Kier molecular flexibility index (Phi) is 4.56. The van der Waals surface area contributed by atoms with Gasteiger partial charge in [-0.3, -0.25) is 4.79 Å². The zero-order valence-corrected chi connectivity index (χ0v) is 16.5. The van der Waals surface area contributed by atoms with E-state index in [0.29, 0.717) is 11.5 Å². The maximum atomic E-state index is 12.5. The Labute approximate surface area is 172 Å². The lowest BCUT2D eigenvalue weighted by Crippen LogP contribution is -2.20. The van der Waals surface area contributed by atoms with Gasteiger partial charge in [0.2, 0.25) is 0 Å². The van der Waals surface area contributed by atoms with Gasteiger partial charge in [0.15, 0.2) is 6.61 Å². The maximum absolute atomic E-state index is 12.5. The molecule has 1 aromatic heterocycles. The summed E-state index contributed by atoms with van der Waals surface area (Å²) >= 11 is 1.37. The van der Waals surface area contributed by atoms with Gasteiger partial charge in [-0.1, -0.05) is 18.2 Å². The summed E-state index contributed by atoms with van der Waals surface area (Å²) in [5, 5.41) is 2.81. The van der Waals surface area contributed by atoms with Crippen molar-refractivity contribution in [2.45, 2.75) is 25.9 Å². The third-order valence-corrected chi connectivity index (χ3v) is 6.43. The van der Waals surface area contributed by atoms with Crippen LogP contribution in [0.4, 0.5) is 5.69 Å². The van der Waals surface area contributed by atoms with E-state index >= 15 is 0 Å². The number of fused-ring (bicyclic) bond motifs is 4. The summed E-state index contributed by atoms with van der Waals surface area (Å²) in [5.74, 6) is -0.0206. The standard InChI is InChI=1S/C23H19NO4S/c25-21(24-17-9-8-14-4-3-5-15(14)10-17)13-28-23(26)20-11-16-12-27-19-7-2-1-6-18(19)22(16)29-20/h1-2,6-11H,3-5,12-13H2,(H,24,25). The molecule has 2 heterocycles. The first-order valence-electron chi connectivity index (χ1n) is 9.61. The van der Waals surface area contributed by atoms with E-state index in [1.165, 1.54) is 22.5 Å². The summed E-state index contributed by atoms with van der Waals surface area (Å²) in [4.78, 5) is 26.1. The molecule has 1 aliphatic carbocycles. The van der Waals surface area contributed by atoms with Crippen molar-refractivity contribution >= 4 is 28.9 Å². The fourth-order valence-electron chi connectivity index (χ4n) is 3.85. The highest BCUT2D eigenvalue weighted by Gasteiger charge is 2.23. The van der Waals surface area contributed by atoms with E-state index in [2.05, 4.69) is 11.4 Å². The number of carbonyl (C=O) groups excluding carboxylic acids is 2. The minimum absolute atomic E-state index is 0.314. The second kappa shape index (κ2) is 7.37. The number of thiophene rings is 1. The Balaban J connectivity index is 1.23. The second-order valence-corrected chi connectivity index (χ2v) is 8.26. The molecule has 5 rings (SSSR count). The van der Waals surface area contributed by atoms with Crippen LogP contribution in [0.2, 0.25) is 0 Å². The number of aryl methyl sites for hydroxylation is 2. The Morgan fingerprint density at radius 1 is 1.03 bits per heavy atom. The zero-order valence-electron chi connectivity index (χ0n) is 15.7. The number of para-hydroxylation sites is 1. The number of rotatable bonds is 4. The smallest absolute Gasteiger partial charge is 0.348 e. The summed E-state index contributed by atoms with van der Waals surface area (Å²) in [6.45, 7) is 0.112. The lowest BCUT2D eigenvalue weighted by molar-refractivity contribution is -0.119. The van der Waals surface area contributed by atoms with Crippen molar-refractivity contribution in [3.05, 3.63) is 70.1 Å². The van der Waals surface area contributed by atoms with Crippen LogP contribution in [0.1, 0.15) is 32.8 Å². The van der Waals surface area contributed by atoms with Crippen LogP contribution in [0.15, 0.2) is 48.5 Å². The first-order chi connectivity index (χ1) is 14.2. The number of esters is 1. The van der Waals surface area contributed by atoms with Crippen LogP contribution in [0.5, 0.6) is 5.75 Å². The minimum atomic E-state index is -0.494. The van der Waals surface area contributed by atoms with Crippen LogP contribution >= 0.6 is 11.3 Å². The molecule has 0 spiro atoms. The minimum Gasteiger partial charge on any atom is -0.488 e. The van der Waals surface area contributed by atoms with E-state index in [1.54, 1.807) is 6.07 Å². The molecule has 0 saturated heterocycles. The molecule has 3 aromatic rings. The molecule has 0 atom stereocenters. The average molecular weight is 405 g/mol. The number of ether oxygens (including phenoxy) is 2. The summed E-state index contributed by atoms with van der Waals surface area (Å²) < 4.78 is 11.0. The highest BCUT2D eigenvalue weighted by molar-refractivity contribution is 7.17. The Morgan fingerprint density at radius 2 is 1.90 bits per heavy atom. The molecule has 2 aromatic carbocycles. The molecule has 29 heavy (non-hydrogen) atoms. The lowest BCUT2D eigenvalue weighted by atomic mass is 10.1. The molecule has 5 nitrogen and oxygen atoms in total. The Hall–Kier alpha value is -3.12. The molecule has 2 aliphatic rings. The maximum Gasteiger partial charge on any atom is 0.348 e. The molecule has 0 saturated carbocycles. The number of hydrogen-bond donors (Lipinski definition) is 1. The van der Waals surface area contributed by atoms with Gasteiger partial charge in [0.25, 0.3) is 5.91 Å². The van der Waals surface area contributed by atoms with Crippen LogP contribution in [0.3, 0.4) is 0 Å². The van der Waals surface area contributed by atoms with Gasteiger partial charge in [-0.05, 0) is 60.7 Å². The fraction of sp³-hybridized carbons (Fsp3) is 0.217. The average Bonchev–Trinajstić information content (AvgIpc) is 3.38. The first-order valence-corrected chi connectivity index (χ1v) is 10.4. The van der Waals surface area contributed by atoms with Gasteiger partial charge in [0, 0.05) is 21.7 Å². The predicted octanol–water partition coefficient (Wildman–Crippen LogP) is 4.59. The van der Waals surface area contributed by atoms with Crippen molar-refractivity contribution in [2.75, 3.05) is 11.9 Å². The van der Waals surface area contributed by atoms with Gasteiger partial charge in [-0.2, -0.15) is 0 Å². The number of nitrogens with one attached hydrogen (secondary N) is 1. The van der Waals surface area contributed by atoms with Gasteiger partial charge in [0.1, 0.15) is 17.2 Å². The quantitative estimate of drug-likeness (QED) is 0.645. The molecule has 0 unspecified atom stereocenters. The summed E-state index contributed by atoms with van der Waals surface area (Å²) in [6, 6.07) is 15.5. The molecule has 1 N–H and O–H groups in total. The van der Waals surface area contributed by atoms with E-state index < -0.39 is 5.97 Å². The van der Waals surface area contributed by atoms with Crippen LogP contribution in [-0.4, -0.2) is 18.5 Å². The van der Waals surface area contributed by atoms with Gasteiger partial charge in [-0.15, -0.1) is 11.3 Å². The summed E-state index contributed by atoms with van der Waals surface area (Å²) in [7, 11) is 0. The van der Waals surface area contributed by atoms with Crippen molar-refractivity contribution in [1.82, 2.24) is 0 Å². The van der Waals surface area contributed by atoms with Crippen molar-refractivity contribution in [2.24, 2.45) is 0 Å². The van der Waals surface area contributed by atoms with E-state index in [9.17, 15) is 9.59 Å². The number of hydrogen-bond acceptors (Lipinski definition) is 5. The van der Waals surface area contributed by atoms with Gasteiger partial charge >= 0.3 is 5.97 Å². The summed E-state index contributed by atoms with van der Waals surface area (Å²) in [5.41, 5.74) is 5.32. The van der Waals surface area contributed by atoms with Crippen molar-refractivity contribution in [3.8, 4) is 16.2 Å². The van der Waals surface area contributed by atoms with Crippen LogP contribution < -0.4 is 10.1 Å². The van der Waals surface area contributed by atoms with Crippen molar-refractivity contribution in [3.63, 3.8) is 0 Å². The number of benzene rings is 2. The SMILES string of the molecule is O=C(COC(=O)c1cc2c(s1)-c1ccccc1OC2)Nc1ccc2c(c1)CCC2. The molecular formula is C23H19NO4S. The number of carbonyl (C=O) groups is 2. The Bertz CT molecular complexity index is 1120. The first kappa shape index (κ1) is 17.9. The van der Waals surface area contributed by atoms with Crippen LogP contribution in [0, 0.1) is 0 Å². The fourth-order valence-corrected chi connectivity index (χ4v) is 4.94. The molecule has 146 valence electrons. The van der Waals surface area contributed by atoms with E-state index in [-0.39, 0.29) is 12.5 Å². The third-order valence-electron chi connectivity index (χ3n) is 5.24. The highest BCUT2D eigenvalue weighted by atomic mass is 32.1. The van der Waals surface area contributed by atoms with Crippen molar-refractivity contribution < 1.29 is 19.1 Å². The largest absolute Gasteiger partial charge is 0.488 e. The van der Waals surface area contributed by atoms with Crippen molar-refractivity contribution in [1.29, 1.82) is 0 Å². The van der Waals surface area contributed by atoms with Crippen LogP contribution in [-0.2, 0) is 29.0 Å². The Morgan fingerprint density at radius 3 is 2.83 bits per heavy atom. The third kappa shape index (κ3) is 3.51. The van der Waals surface area contributed by atoms with Crippen LogP contribution in [0.25, 0.3) is 10.4 Å². The van der Waals surface area contributed by atoms with Gasteiger partial charge in [-0.25, -0.2) is 4.79 Å². The van der Waals surface area contributed by atoms with E-state index in [1.807, 2.05) is 36.4 Å². The second-order valence-electron chi connectivity index (χ2n) is 7.21. The molecular weight excluding hydrogens is 386 g/mol. The molecule has 6 heteroatoms. The zero-order chi connectivity index (χ0) is 19.8. The van der Waals surface area contributed by atoms with E-state index in [4.69, 9.17) is 9.47 Å². The predicted molar refractivity (Wildman–Crippen MR) is 111 cm³/mol. The summed E-state index contributed by atoms with van der Waals surface area (Å²) in [6.07, 6.45) is 3.30. The monoisotopic (exact) mass is 405 g/mol. The normalized spacial score (nSPS) is 13.7. The van der Waals surface area contributed by atoms with E-state index in [0.717, 1.165) is 46.7 Å². The van der Waals surface area contributed by atoms with Gasteiger partial charge < -0.3 is 14.8 Å². The molecule has 1 aliphatic heterocycles. The highest BCUT2D eigenvalue weighted by Crippen LogP contribution is 2.42. The topological polar surface area (TPSA) is 64.6 Å². The molecule has 0 bridgehead atoms. The number of amides is 1. The van der Waals surface area contributed by atoms with Gasteiger partial charge in [0.05, 0.1) is 0 Å². The number of anilines is 1.